The molecule has 1 atom stereocenters. The number of carbonyl (C=O) groups excluding carboxylic acids is 1. The van der Waals surface area contributed by atoms with Gasteiger partial charge < -0.3 is 10.1 Å². The van der Waals surface area contributed by atoms with Crippen molar-refractivity contribution in [3.63, 3.8) is 0 Å². The van der Waals surface area contributed by atoms with E-state index in [0.29, 0.717) is 16.4 Å². The van der Waals surface area contributed by atoms with Crippen molar-refractivity contribution in [2.24, 2.45) is 0 Å². The Kier molecular flexibility index (Phi) is 5.67. The Balaban J connectivity index is 1.51. The van der Waals surface area contributed by atoms with Gasteiger partial charge in [0.05, 0.1) is 17.1 Å². The highest BCUT2D eigenvalue weighted by Gasteiger charge is 2.38. The van der Waals surface area contributed by atoms with Crippen LogP contribution < -0.4 is 14.4 Å². The Morgan fingerprint density at radius 3 is 2.53 bits per heavy atom. The molecule has 0 unspecified atom stereocenters. The van der Waals surface area contributed by atoms with Crippen molar-refractivity contribution >= 4 is 49.7 Å². The van der Waals surface area contributed by atoms with Crippen LogP contribution in [-0.4, -0.2) is 27.0 Å². The third-order valence-electron chi connectivity index (χ3n) is 5.74. The van der Waals surface area contributed by atoms with Crippen LogP contribution in [0.15, 0.2) is 89.8 Å². The van der Waals surface area contributed by atoms with E-state index in [1.165, 1.54) is 10.4 Å². The molecule has 0 radical (unpaired) electrons. The maximum absolute atomic E-state index is 13.6. The normalized spacial score (nSPS) is 15.5. The number of aryl methyl sites for hydroxylation is 1. The van der Waals surface area contributed by atoms with Gasteiger partial charge in [-0.05, 0) is 48.7 Å². The maximum atomic E-state index is 13.6. The van der Waals surface area contributed by atoms with Crippen LogP contribution in [0.5, 0.6) is 5.75 Å². The maximum Gasteiger partial charge on any atom is 0.267 e. The molecule has 0 aromatic heterocycles. The molecule has 1 N–H and O–H groups in total. The molecule has 0 saturated heterocycles. The van der Waals surface area contributed by atoms with Crippen molar-refractivity contribution < 1.29 is 17.9 Å². The van der Waals surface area contributed by atoms with E-state index in [4.69, 9.17) is 16.3 Å². The van der Waals surface area contributed by atoms with E-state index in [-0.39, 0.29) is 17.2 Å². The first kappa shape index (κ1) is 22.3. The highest BCUT2D eigenvalue weighted by Crippen LogP contribution is 2.39. The van der Waals surface area contributed by atoms with Crippen LogP contribution >= 0.6 is 11.6 Å². The molecule has 5 rings (SSSR count). The summed E-state index contributed by atoms with van der Waals surface area (Å²) in [5.74, 6) is -0.175. The Bertz CT molecular complexity index is 1500. The van der Waals surface area contributed by atoms with Crippen LogP contribution in [0.1, 0.15) is 5.56 Å². The van der Waals surface area contributed by atoms with E-state index in [0.717, 1.165) is 16.3 Å². The third-order valence-corrected chi connectivity index (χ3v) is 7.77. The highest BCUT2D eigenvalue weighted by atomic mass is 35.5. The molecule has 0 saturated carbocycles. The summed E-state index contributed by atoms with van der Waals surface area (Å²) in [4.78, 5) is 13.4. The van der Waals surface area contributed by atoms with Crippen LogP contribution in [0.3, 0.4) is 0 Å². The van der Waals surface area contributed by atoms with E-state index >= 15 is 0 Å². The number of nitrogens with one attached hydrogen (secondary N) is 1. The molecule has 4 aromatic carbocycles. The Hall–Kier alpha value is -3.55. The molecular formula is C26H21ClN2O4S. The molecule has 0 bridgehead atoms. The quantitative estimate of drug-likeness (QED) is 0.414. The smallest absolute Gasteiger partial charge is 0.267 e. The zero-order valence-corrected chi connectivity index (χ0v) is 19.8. The average Bonchev–Trinajstić information content (AvgIpc) is 2.84. The third kappa shape index (κ3) is 4.08. The number of anilines is 2. The number of carbonyl (C=O) groups is 1. The number of nitrogens with zero attached hydrogens (tertiary/aromatic N) is 1. The van der Waals surface area contributed by atoms with Crippen molar-refractivity contribution in [3.05, 3.63) is 95.5 Å². The first-order valence-electron chi connectivity index (χ1n) is 10.7. The van der Waals surface area contributed by atoms with E-state index in [1.807, 2.05) is 43.3 Å². The van der Waals surface area contributed by atoms with Crippen molar-refractivity contribution in [2.45, 2.75) is 17.9 Å². The van der Waals surface area contributed by atoms with Gasteiger partial charge in [0.2, 0.25) is 0 Å². The second-order valence-electron chi connectivity index (χ2n) is 8.08. The van der Waals surface area contributed by atoms with Crippen LogP contribution in [-0.2, 0) is 14.8 Å². The topological polar surface area (TPSA) is 75.7 Å². The van der Waals surface area contributed by atoms with Gasteiger partial charge in [0.1, 0.15) is 5.75 Å². The molecule has 1 amide bonds. The van der Waals surface area contributed by atoms with Crippen LogP contribution in [0.2, 0.25) is 5.02 Å². The van der Waals surface area contributed by atoms with E-state index < -0.39 is 22.0 Å². The minimum atomic E-state index is -3.97. The zero-order valence-electron chi connectivity index (χ0n) is 18.2. The van der Waals surface area contributed by atoms with Gasteiger partial charge in [0, 0.05) is 16.1 Å². The molecule has 4 aromatic rings. The Morgan fingerprint density at radius 1 is 1.00 bits per heavy atom. The summed E-state index contributed by atoms with van der Waals surface area (Å²) in [6, 6.07) is 24.6. The van der Waals surface area contributed by atoms with E-state index in [2.05, 4.69) is 5.32 Å². The fourth-order valence-corrected chi connectivity index (χ4v) is 5.61. The van der Waals surface area contributed by atoms with Crippen LogP contribution in [0.25, 0.3) is 10.8 Å². The minimum Gasteiger partial charge on any atom is -0.476 e. The second kappa shape index (κ2) is 8.66. The fourth-order valence-electron chi connectivity index (χ4n) is 3.97. The molecule has 0 spiro atoms. The van der Waals surface area contributed by atoms with Gasteiger partial charge in [-0.2, -0.15) is 0 Å². The fraction of sp³-hybridized carbons (Fsp3) is 0.115. The van der Waals surface area contributed by atoms with Crippen molar-refractivity contribution in [1.29, 1.82) is 0 Å². The first-order valence-corrected chi connectivity index (χ1v) is 12.5. The molecule has 172 valence electrons. The summed E-state index contributed by atoms with van der Waals surface area (Å²) >= 11 is 6.16. The van der Waals surface area contributed by atoms with Crippen molar-refractivity contribution in [2.75, 3.05) is 16.2 Å². The Labute approximate surface area is 202 Å². The molecule has 8 heteroatoms. The molecule has 1 aliphatic rings. The second-order valence-corrected chi connectivity index (χ2v) is 10.4. The first-order chi connectivity index (χ1) is 16.3. The van der Waals surface area contributed by atoms with Crippen molar-refractivity contribution in [1.82, 2.24) is 0 Å². The molecule has 34 heavy (non-hydrogen) atoms. The lowest BCUT2D eigenvalue weighted by molar-refractivity contribution is -0.122. The van der Waals surface area contributed by atoms with E-state index in [9.17, 15) is 13.2 Å². The van der Waals surface area contributed by atoms with Gasteiger partial charge in [0.15, 0.2) is 6.10 Å². The summed E-state index contributed by atoms with van der Waals surface area (Å²) in [5, 5.41) is 5.13. The number of sulfonamides is 1. The summed E-state index contributed by atoms with van der Waals surface area (Å²) in [6.45, 7) is 1.69. The number of rotatable bonds is 4. The monoisotopic (exact) mass is 492 g/mol. The Morgan fingerprint density at radius 2 is 1.74 bits per heavy atom. The molecule has 1 aliphatic heterocycles. The largest absolute Gasteiger partial charge is 0.476 e. The summed E-state index contributed by atoms with van der Waals surface area (Å²) in [6.07, 6.45) is -1.06. The summed E-state index contributed by atoms with van der Waals surface area (Å²) in [5.41, 5.74) is 1.86. The molecule has 6 nitrogen and oxygen atoms in total. The van der Waals surface area contributed by atoms with E-state index in [1.54, 1.807) is 42.5 Å². The van der Waals surface area contributed by atoms with Gasteiger partial charge in [-0.3, -0.25) is 9.10 Å². The molecule has 0 aliphatic carbocycles. The van der Waals surface area contributed by atoms with Crippen LogP contribution in [0, 0.1) is 6.92 Å². The predicted molar refractivity (Wildman–Crippen MR) is 134 cm³/mol. The number of halogens is 1. The number of hydrogen-bond acceptors (Lipinski definition) is 4. The molecule has 1 heterocycles. The summed E-state index contributed by atoms with van der Waals surface area (Å²) in [7, 11) is -3.97. The minimum absolute atomic E-state index is 0.124. The van der Waals surface area contributed by atoms with Gasteiger partial charge in [-0.25, -0.2) is 8.42 Å². The predicted octanol–water partition coefficient (Wildman–Crippen LogP) is 5.40. The molecular weight excluding hydrogens is 472 g/mol. The van der Waals surface area contributed by atoms with Gasteiger partial charge in [-0.1, -0.05) is 65.7 Å². The van der Waals surface area contributed by atoms with Gasteiger partial charge in [-0.15, -0.1) is 0 Å². The SMILES string of the molecule is Cc1ccc(S(=O)(=O)N2C[C@@H](C(=O)Nc3cccc4ccccc34)Oc3ccc(Cl)cc32)cc1. The average molecular weight is 493 g/mol. The molecule has 0 fully saturated rings. The number of ether oxygens (including phenoxy) is 1. The van der Waals surface area contributed by atoms with Crippen LogP contribution in [0.4, 0.5) is 11.4 Å². The lowest BCUT2D eigenvalue weighted by Gasteiger charge is -2.35. The number of hydrogen-bond donors (Lipinski definition) is 1. The lowest BCUT2D eigenvalue weighted by Crippen LogP contribution is -2.48. The number of amides is 1. The standard InChI is InChI=1S/C26H21ClN2O4S/c1-17-9-12-20(13-10-17)34(31,32)29-16-25(33-24-14-11-19(27)15-23(24)29)26(30)28-22-8-4-6-18-5-2-3-7-21(18)22/h2-15,25H,16H2,1H3,(H,28,30)/t25-/m0/s1. The number of fused-ring (bicyclic) bond motifs is 2. The van der Waals surface area contributed by atoms with Crippen molar-refractivity contribution in [3.8, 4) is 5.75 Å². The zero-order chi connectivity index (χ0) is 23.9. The lowest BCUT2D eigenvalue weighted by atomic mass is 10.1. The van der Waals surface area contributed by atoms with Gasteiger partial charge >= 0.3 is 0 Å². The highest BCUT2D eigenvalue weighted by molar-refractivity contribution is 7.92. The van der Waals surface area contributed by atoms with Gasteiger partial charge in [0.25, 0.3) is 15.9 Å². The number of benzene rings is 4. The summed E-state index contributed by atoms with van der Waals surface area (Å²) < 4.78 is 34.3.